The second kappa shape index (κ2) is 6.46. The summed E-state index contributed by atoms with van der Waals surface area (Å²) in [7, 11) is 1.81. The summed E-state index contributed by atoms with van der Waals surface area (Å²) in [4.78, 5) is 15.0. The van der Waals surface area contributed by atoms with Gasteiger partial charge in [0.05, 0.1) is 0 Å². The van der Waals surface area contributed by atoms with Crippen molar-refractivity contribution >= 4 is 34.5 Å². The van der Waals surface area contributed by atoms with Gasteiger partial charge in [0.2, 0.25) is 0 Å². The molecule has 0 atom stereocenters. The third-order valence-corrected chi connectivity index (χ3v) is 3.88. The van der Waals surface area contributed by atoms with Crippen molar-refractivity contribution in [1.82, 2.24) is 4.90 Å². The lowest BCUT2D eigenvalue weighted by Crippen LogP contribution is -2.26. The van der Waals surface area contributed by atoms with Gasteiger partial charge in [-0.1, -0.05) is 34.1 Å². The summed E-state index contributed by atoms with van der Waals surface area (Å²) in [6.07, 6.45) is 0. The second-order valence-corrected chi connectivity index (χ2v) is 6.22. The minimum Gasteiger partial charge on any atom is -0.337 e. The van der Waals surface area contributed by atoms with E-state index in [1.165, 1.54) is 0 Å². The maximum absolute atomic E-state index is 12.5. The smallest absolute Gasteiger partial charge is 0.254 e. The minimum absolute atomic E-state index is 0.0124. The Morgan fingerprint density at radius 1 is 1.25 bits per heavy atom. The molecule has 0 aliphatic heterocycles. The van der Waals surface area contributed by atoms with Crippen molar-refractivity contribution in [2.75, 3.05) is 7.05 Å². The van der Waals surface area contributed by atoms with Crippen LogP contribution in [0.2, 0.25) is 0 Å². The molecular formula is C16H16BrNOS. The van der Waals surface area contributed by atoms with Gasteiger partial charge in [0.25, 0.3) is 5.91 Å². The van der Waals surface area contributed by atoms with Crippen LogP contribution in [0.25, 0.3) is 0 Å². The van der Waals surface area contributed by atoms with Gasteiger partial charge in [-0.05, 0) is 42.3 Å². The van der Waals surface area contributed by atoms with Crippen LogP contribution in [0.3, 0.4) is 0 Å². The van der Waals surface area contributed by atoms with Crippen molar-refractivity contribution < 1.29 is 4.79 Å². The van der Waals surface area contributed by atoms with Gasteiger partial charge in [0, 0.05) is 28.5 Å². The van der Waals surface area contributed by atoms with E-state index in [9.17, 15) is 4.79 Å². The van der Waals surface area contributed by atoms with Crippen molar-refractivity contribution in [1.29, 1.82) is 0 Å². The first kappa shape index (κ1) is 15.1. The number of rotatable bonds is 3. The van der Waals surface area contributed by atoms with Crippen LogP contribution in [0.15, 0.2) is 51.8 Å². The van der Waals surface area contributed by atoms with Crippen molar-refractivity contribution in [2.45, 2.75) is 18.4 Å². The molecule has 0 heterocycles. The predicted octanol–water partition coefficient (Wildman–Crippen LogP) is 4.32. The number of thiol groups is 1. The molecule has 0 fully saturated rings. The van der Waals surface area contributed by atoms with Crippen LogP contribution in [0, 0.1) is 6.92 Å². The maximum atomic E-state index is 12.5. The van der Waals surface area contributed by atoms with E-state index in [1.54, 1.807) is 4.90 Å². The Hall–Kier alpha value is -1.26. The van der Waals surface area contributed by atoms with E-state index >= 15 is 0 Å². The Labute approximate surface area is 133 Å². The van der Waals surface area contributed by atoms with E-state index in [0.717, 1.165) is 20.5 Å². The summed E-state index contributed by atoms with van der Waals surface area (Å²) < 4.78 is 1.02. The Kier molecular flexibility index (Phi) is 4.89. The monoisotopic (exact) mass is 349 g/mol. The highest BCUT2D eigenvalue weighted by molar-refractivity contribution is 9.10. The van der Waals surface area contributed by atoms with E-state index in [-0.39, 0.29) is 5.91 Å². The third-order valence-electron chi connectivity index (χ3n) is 3.11. The lowest BCUT2D eigenvalue weighted by atomic mass is 10.1. The van der Waals surface area contributed by atoms with Gasteiger partial charge in [0.1, 0.15) is 0 Å². The van der Waals surface area contributed by atoms with E-state index in [4.69, 9.17) is 0 Å². The molecule has 1 amide bonds. The first-order valence-electron chi connectivity index (χ1n) is 6.27. The molecule has 0 unspecified atom stereocenters. The lowest BCUT2D eigenvalue weighted by molar-refractivity contribution is 0.0784. The summed E-state index contributed by atoms with van der Waals surface area (Å²) in [6.45, 7) is 2.52. The first-order valence-corrected chi connectivity index (χ1v) is 7.51. The number of benzene rings is 2. The molecule has 0 spiro atoms. The summed E-state index contributed by atoms with van der Waals surface area (Å²) >= 11 is 7.74. The Bertz CT molecular complexity index is 642. The van der Waals surface area contributed by atoms with Crippen molar-refractivity contribution in [3.8, 4) is 0 Å². The third kappa shape index (κ3) is 3.64. The second-order valence-electron chi connectivity index (χ2n) is 4.79. The number of carbonyl (C=O) groups is 1. The number of carbonyl (C=O) groups excluding carboxylic acids is 1. The van der Waals surface area contributed by atoms with Gasteiger partial charge in [-0.15, -0.1) is 12.6 Å². The van der Waals surface area contributed by atoms with Crippen molar-refractivity contribution in [3.05, 3.63) is 63.6 Å². The molecule has 2 rings (SSSR count). The quantitative estimate of drug-likeness (QED) is 0.818. The number of aryl methyl sites for hydroxylation is 1. The molecule has 2 nitrogen and oxygen atoms in total. The van der Waals surface area contributed by atoms with Gasteiger partial charge >= 0.3 is 0 Å². The zero-order valence-corrected chi connectivity index (χ0v) is 13.9. The molecule has 0 saturated heterocycles. The standard InChI is InChI=1S/C16H16BrNOS/c1-11-6-7-14(20)9-15(11)16(19)18(2)10-12-4-3-5-13(17)8-12/h3-9,20H,10H2,1-2H3. The predicted molar refractivity (Wildman–Crippen MR) is 88.4 cm³/mol. The number of hydrogen-bond acceptors (Lipinski definition) is 2. The SMILES string of the molecule is Cc1ccc(S)cc1C(=O)N(C)Cc1cccc(Br)c1. The fourth-order valence-electron chi connectivity index (χ4n) is 2.03. The molecule has 0 aliphatic carbocycles. The highest BCUT2D eigenvalue weighted by atomic mass is 79.9. The lowest BCUT2D eigenvalue weighted by Gasteiger charge is -2.19. The van der Waals surface area contributed by atoms with Crippen LogP contribution >= 0.6 is 28.6 Å². The topological polar surface area (TPSA) is 20.3 Å². The molecule has 0 bridgehead atoms. The molecule has 2 aromatic rings. The number of halogens is 1. The van der Waals surface area contributed by atoms with Gasteiger partial charge in [-0.3, -0.25) is 4.79 Å². The number of hydrogen-bond donors (Lipinski definition) is 1. The average molecular weight is 350 g/mol. The molecule has 0 aromatic heterocycles. The molecule has 4 heteroatoms. The highest BCUT2D eigenvalue weighted by Gasteiger charge is 2.14. The number of nitrogens with zero attached hydrogens (tertiary/aromatic N) is 1. The first-order chi connectivity index (χ1) is 9.47. The van der Waals surface area contributed by atoms with E-state index in [1.807, 2.05) is 56.4 Å². The van der Waals surface area contributed by atoms with Crippen molar-refractivity contribution in [2.24, 2.45) is 0 Å². The Morgan fingerprint density at radius 3 is 2.70 bits per heavy atom. The normalized spacial score (nSPS) is 10.4. The van der Waals surface area contributed by atoms with Crippen molar-refractivity contribution in [3.63, 3.8) is 0 Å². The molecule has 0 saturated carbocycles. The zero-order valence-electron chi connectivity index (χ0n) is 11.4. The highest BCUT2D eigenvalue weighted by Crippen LogP contribution is 2.18. The van der Waals surface area contributed by atoms with Crippen LogP contribution < -0.4 is 0 Å². The molecule has 0 radical (unpaired) electrons. The van der Waals surface area contributed by atoms with Crippen LogP contribution in [-0.4, -0.2) is 17.9 Å². The van der Waals surface area contributed by atoms with Crippen LogP contribution in [0.4, 0.5) is 0 Å². The van der Waals surface area contributed by atoms with E-state index in [0.29, 0.717) is 12.1 Å². The van der Waals surface area contributed by atoms with Gasteiger partial charge in [-0.25, -0.2) is 0 Å². The molecule has 0 N–H and O–H groups in total. The summed E-state index contributed by atoms with van der Waals surface area (Å²) in [5, 5.41) is 0. The van der Waals surface area contributed by atoms with E-state index < -0.39 is 0 Å². The summed E-state index contributed by atoms with van der Waals surface area (Å²) in [5.41, 5.74) is 2.76. The maximum Gasteiger partial charge on any atom is 0.254 e. The largest absolute Gasteiger partial charge is 0.337 e. The Morgan fingerprint density at radius 2 is 2.00 bits per heavy atom. The molecule has 20 heavy (non-hydrogen) atoms. The molecular weight excluding hydrogens is 334 g/mol. The van der Waals surface area contributed by atoms with Crippen LogP contribution in [-0.2, 0) is 6.54 Å². The van der Waals surface area contributed by atoms with Crippen LogP contribution in [0.1, 0.15) is 21.5 Å². The zero-order chi connectivity index (χ0) is 14.7. The molecule has 0 aliphatic rings. The number of amides is 1. The summed E-state index contributed by atoms with van der Waals surface area (Å²) in [5.74, 6) is 0.0124. The van der Waals surface area contributed by atoms with Gasteiger partial charge in [-0.2, -0.15) is 0 Å². The molecule has 104 valence electrons. The van der Waals surface area contributed by atoms with Gasteiger partial charge in [0.15, 0.2) is 0 Å². The van der Waals surface area contributed by atoms with E-state index in [2.05, 4.69) is 28.6 Å². The van der Waals surface area contributed by atoms with Crippen LogP contribution in [0.5, 0.6) is 0 Å². The fraction of sp³-hybridized carbons (Fsp3) is 0.188. The Balaban J connectivity index is 2.18. The van der Waals surface area contributed by atoms with Gasteiger partial charge < -0.3 is 4.90 Å². The molecule has 2 aromatic carbocycles. The minimum atomic E-state index is 0.0124. The average Bonchev–Trinajstić information content (AvgIpc) is 2.40. The fourth-order valence-corrected chi connectivity index (χ4v) is 2.68. The summed E-state index contributed by atoms with van der Waals surface area (Å²) in [6, 6.07) is 13.6.